The molecule has 1 atom stereocenters. The Labute approximate surface area is 154 Å². The van der Waals surface area contributed by atoms with Gasteiger partial charge >= 0.3 is 0 Å². The van der Waals surface area contributed by atoms with Crippen LogP contribution in [0.25, 0.3) is 0 Å². The van der Waals surface area contributed by atoms with Crippen LogP contribution in [-0.2, 0) is 21.4 Å². The number of carbonyl (C=O) groups is 1. The van der Waals surface area contributed by atoms with Crippen molar-refractivity contribution in [2.24, 2.45) is 0 Å². The smallest absolute Gasteiger partial charge is 0.244 e. The third kappa shape index (κ3) is 4.83. The molecule has 0 saturated carbocycles. The van der Waals surface area contributed by atoms with Gasteiger partial charge in [0.2, 0.25) is 15.9 Å². The van der Waals surface area contributed by atoms with Crippen LogP contribution < -0.4 is 14.8 Å². The lowest BCUT2D eigenvalue weighted by atomic mass is 10.0. The molecule has 0 aliphatic rings. The van der Waals surface area contributed by atoms with Gasteiger partial charge in [0, 0.05) is 19.5 Å². The molecule has 0 heterocycles. The summed E-state index contributed by atoms with van der Waals surface area (Å²) < 4.78 is 33.8. The summed E-state index contributed by atoms with van der Waals surface area (Å²) in [5, 5.41) is 2.66. The van der Waals surface area contributed by atoms with Crippen LogP contribution >= 0.6 is 0 Å². The van der Waals surface area contributed by atoms with Crippen molar-refractivity contribution < 1.29 is 17.9 Å². The van der Waals surface area contributed by atoms with Crippen LogP contribution in [0, 0.1) is 6.92 Å². The van der Waals surface area contributed by atoms with Crippen molar-refractivity contribution in [1.29, 1.82) is 0 Å². The number of methoxy groups -OCH3 is 1. The van der Waals surface area contributed by atoms with E-state index in [1.807, 2.05) is 31.2 Å². The second-order valence-corrected chi connectivity index (χ2v) is 7.78. The standard InChI is InChI=1S/C19H24N2O4S/c1-13-7-5-6-8-17(13)14(2)21-26(23,24)19-11-16(12-20-15(3)22)9-10-18(19)25-4/h5-11,14,21H,12H2,1-4H3,(H,20,22)/t14-/m0/s1. The maximum absolute atomic E-state index is 12.9. The van der Waals surface area contributed by atoms with E-state index in [9.17, 15) is 13.2 Å². The van der Waals surface area contributed by atoms with E-state index in [2.05, 4.69) is 10.0 Å². The molecular weight excluding hydrogens is 352 g/mol. The van der Waals surface area contributed by atoms with Gasteiger partial charge in [0.05, 0.1) is 7.11 Å². The molecule has 0 aliphatic heterocycles. The first-order valence-electron chi connectivity index (χ1n) is 8.24. The highest BCUT2D eigenvalue weighted by Crippen LogP contribution is 2.27. The molecule has 0 bridgehead atoms. The summed E-state index contributed by atoms with van der Waals surface area (Å²) in [6.07, 6.45) is 0. The second-order valence-electron chi connectivity index (χ2n) is 6.09. The SMILES string of the molecule is COc1ccc(CNC(C)=O)cc1S(=O)(=O)N[C@@H](C)c1ccccc1C. The average molecular weight is 376 g/mol. The van der Waals surface area contributed by atoms with Gasteiger partial charge in [0.25, 0.3) is 0 Å². The van der Waals surface area contributed by atoms with E-state index in [4.69, 9.17) is 4.74 Å². The molecule has 1 amide bonds. The average Bonchev–Trinajstić information content (AvgIpc) is 2.59. The molecule has 0 radical (unpaired) electrons. The van der Waals surface area contributed by atoms with Crippen molar-refractivity contribution in [1.82, 2.24) is 10.0 Å². The van der Waals surface area contributed by atoms with Gasteiger partial charge in [-0.05, 0) is 42.7 Å². The van der Waals surface area contributed by atoms with Crippen molar-refractivity contribution in [3.63, 3.8) is 0 Å². The number of rotatable bonds is 7. The maximum atomic E-state index is 12.9. The fourth-order valence-electron chi connectivity index (χ4n) is 2.70. The molecule has 2 rings (SSSR count). The molecule has 0 aromatic heterocycles. The van der Waals surface area contributed by atoms with Crippen LogP contribution in [0.1, 0.15) is 36.6 Å². The largest absolute Gasteiger partial charge is 0.495 e. The fourth-order valence-corrected chi connectivity index (χ4v) is 4.14. The van der Waals surface area contributed by atoms with Gasteiger partial charge in [-0.25, -0.2) is 13.1 Å². The first-order valence-corrected chi connectivity index (χ1v) is 9.72. The number of amides is 1. The molecule has 26 heavy (non-hydrogen) atoms. The van der Waals surface area contributed by atoms with Crippen LogP contribution in [0.5, 0.6) is 5.75 Å². The monoisotopic (exact) mass is 376 g/mol. The zero-order chi connectivity index (χ0) is 19.3. The van der Waals surface area contributed by atoms with Gasteiger partial charge < -0.3 is 10.1 Å². The molecule has 7 heteroatoms. The molecule has 2 N–H and O–H groups in total. The van der Waals surface area contributed by atoms with Crippen LogP contribution in [0.3, 0.4) is 0 Å². The van der Waals surface area contributed by atoms with Crippen LogP contribution in [-0.4, -0.2) is 21.4 Å². The van der Waals surface area contributed by atoms with E-state index >= 15 is 0 Å². The number of benzene rings is 2. The number of hydrogen-bond donors (Lipinski definition) is 2. The van der Waals surface area contributed by atoms with E-state index in [1.54, 1.807) is 19.1 Å². The Morgan fingerprint density at radius 2 is 1.88 bits per heavy atom. The minimum absolute atomic E-state index is 0.0447. The lowest BCUT2D eigenvalue weighted by Gasteiger charge is -2.18. The summed E-state index contributed by atoms with van der Waals surface area (Å²) >= 11 is 0. The van der Waals surface area contributed by atoms with E-state index < -0.39 is 16.1 Å². The van der Waals surface area contributed by atoms with E-state index in [1.165, 1.54) is 20.1 Å². The molecule has 0 fully saturated rings. The number of aryl methyl sites for hydroxylation is 1. The molecule has 2 aromatic rings. The van der Waals surface area contributed by atoms with Gasteiger partial charge in [-0.2, -0.15) is 0 Å². The zero-order valence-corrected chi connectivity index (χ0v) is 16.2. The number of carbonyl (C=O) groups excluding carboxylic acids is 1. The lowest BCUT2D eigenvalue weighted by Crippen LogP contribution is -2.28. The van der Waals surface area contributed by atoms with Crippen molar-refractivity contribution >= 4 is 15.9 Å². The number of hydrogen-bond acceptors (Lipinski definition) is 4. The third-order valence-electron chi connectivity index (χ3n) is 4.05. The first kappa shape index (κ1) is 19.9. The molecule has 6 nitrogen and oxygen atoms in total. The highest BCUT2D eigenvalue weighted by atomic mass is 32.2. The predicted molar refractivity (Wildman–Crippen MR) is 100 cm³/mol. The van der Waals surface area contributed by atoms with E-state index in [0.717, 1.165) is 11.1 Å². The molecule has 0 aliphatic carbocycles. The molecule has 140 valence electrons. The van der Waals surface area contributed by atoms with Crippen LogP contribution in [0.2, 0.25) is 0 Å². The van der Waals surface area contributed by atoms with Crippen molar-refractivity contribution in [2.75, 3.05) is 7.11 Å². The van der Waals surface area contributed by atoms with Gasteiger partial charge in [-0.15, -0.1) is 0 Å². The summed E-state index contributed by atoms with van der Waals surface area (Å²) in [5.74, 6) is 0.0672. The molecule has 2 aromatic carbocycles. The normalized spacial score (nSPS) is 12.5. The van der Waals surface area contributed by atoms with Crippen molar-refractivity contribution in [2.45, 2.75) is 38.3 Å². The molecule has 0 saturated heterocycles. The Morgan fingerprint density at radius 3 is 2.50 bits per heavy atom. The van der Waals surface area contributed by atoms with E-state index in [-0.39, 0.29) is 23.1 Å². The Kier molecular flexibility index (Phi) is 6.39. The highest BCUT2D eigenvalue weighted by molar-refractivity contribution is 7.89. The summed E-state index contributed by atoms with van der Waals surface area (Å²) in [5.41, 5.74) is 2.59. The first-order chi connectivity index (χ1) is 12.2. The van der Waals surface area contributed by atoms with Crippen molar-refractivity contribution in [3.8, 4) is 5.75 Å². The minimum atomic E-state index is -3.82. The Balaban J connectivity index is 2.33. The summed E-state index contributed by atoms with van der Waals surface area (Å²) in [6, 6.07) is 12.0. The Bertz CT molecular complexity index is 894. The third-order valence-corrected chi connectivity index (χ3v) is 5.61. The van der Waals surface area contributed by atoms with E-state index in [0.29, 0.717) is 5.56 Å². The topological polar surface area (TPSA) is 84.5 Å². The van der Waals surface area contributed by atoms with Gasteiger partial charge in [0.15, 0.2) is 0 Å². The molecule has 0 unspecified atom stereocenters. The maximum Gasteiger partial charge on any atom is 0.244 e. The van der Waals surface area contributed by atoms with Crippen LogP contribution in [0.4, 0.5) is 0 Å². The lowest BCUT2D eigenvalue weighted by molar-refractivity contribution is -0.119. The van der Waals surface area contributed by atoms with Gasteiger partial charge in [-0.1, -0.05) is 30.3 Å². The predicted octanol–water partition coefficient (Wildman–Crippen LogP) is 2.68. The fraction of sp³-hybridized carbons (Fsp3) is 0.316. The van der Waals surface area contributed by atoms with Gasteiger partial charge in [0.1, 0.15) is 10.6 Å². The minimum Gasteiger partial charge on any atom is -0.495 e. The summed E-state index contributed by atoms with van der Waals surface area (Å²) in [7, 11) is -2.39. The Hall–Kier alpha value is -2.38. The summed E-state index contributed by atoms with van der Waals surface area (Å²) in [6.45, 7) is 5.39. The number of ether oxygens (including phenoxy) is 1. The Morgan fingerprint density at radius 1 is 1.19 bits per heavy atom. The quantitative estimate of drug-likeness (QED) is 0.778. The van der Waals surface area contributed by atoms with Crippen LogP contribution in [0.15, 0.2) is 47.4 Å². The highest BCUT2D eigenvalue weighted by Gasteiger charge is 2.23. The van der Waals surface area contributed by atoms with Crippen molar-refractivity contribution in [3.05, 3.63) is 59.2 Å². The second kappa shape index (κ2) is 8.33. The summed E-state index contributed by atoms with van der Waals surface area (Å²) in [4.78, 5) is 11.1. The molecule has 0 spiro atoms. The number of nitrogens with one attached hydrogen (secondary N) is 2. The van der Waals surface area contributed by atoms with Gasteiger partial charge in [-0.3, -0.25) is 4.79 Å². The number of sulfonamides is 1. The zero-order valence-electron chi connectivity index (χ0n) is 15.4. The molecular formula is C19H24N2O4S.